The predicted molar refractivity (Wildman–Crippen MR) is 152 cm³/mol. The molecule has 1 saturated heterocycles. The largest absolute Gasteiger partial charge is 0.463 e. The monoisotopic (exact) mass is 561 g/mol. The number of ether oxygens (including phenoxy) is 1. The van der Waals surface area contributed by atoms with Crippen LogP contribution in [0.15, 0.2) is 70.4 Å². The number of nitrogens with one attached hydrogen (secondary N) is 2. The fraction of sp³-hybridized carbons (Fsp3) is 0.367. The summed E-state index contributed by atoms with van der Waals surface area (Å²) in [5.74, 6) is 0.0532. The number of nitrogens with zero attached hydrogens (tertiary/aromatic N) is 3. The molecule has 0 spiro atoms. The van der Waals surface area contributed by atoms with Crippen LogP contribution in [0.3, 0.4) is 0 Å². The van der Waals surface area contributed by atoms with Crippen LogP contribution in [-0.4, -0.2) is 51.7 Å². The minimum absolute atomic E-state index is 0.0574. The Labute approximate surface area is 238 Å². The van der Waals surface area contributed by atoms with E-state index >= 15 is 0 Å². The van der Waals surface area contributed by atoms with Crippen molar-refractivity contribution in [2.24, 2.45) is 10.9 Å². The molecule has 3 N–H and O–H groups in total. The molecular weight excluding hydrogens is 526 g/mol. The van der Waals surface area contributed by atoms with Gasteiger partial charge in [-0.1, -0.05) is 62.4 Å². The van der Waals surface area contributed by atoms with E-state index in [2.05, 4.69) is 20.6 Å². The van der Waals surface area contributed by atoms with Gasteiger partial charge in [0.1, 0.15) is 12.1 Å². The number of hydrogen-bond donors (Lipinski definition) is 3. The first-order chi connectivity index (χ1) is 19.5. The van der Waals surface area contributed by atoms with E-state index in [0.29, 0.717) is 34.6 Å². The van der Waals surface area contributed by atoms with E-state index in [1.165, 1.54) is 11.3 Å². The highest BCUT2D eigenvalue weighted by atomic mass is 16.5. The number of benzene rings is 2. The molecule has 1 fully saturated rings. The molecular formula is C30H35N5O6. The van der Waals surface area contributed by atoms with Crippen molar-refractivity contribution in [3.63, 3.8) is 0 Å². The van der Waals surface area contributed by atoms with Crippen molar-refractivity contribution < 1.29 is 28.6 Å². The van der Waals surface area contributed by atoms with Crippen molar-refractivity contribution in [2.45, 2.75) is 58.7 Å². The Morgan fingerprint density at radius 3 is 2.49 bits per heavy atom. The predicted octanol–water partition coefficient (Wildman–Crippen LogP) is 5.23. The van der Waals surface area contributed by atoms with Gasteiger partial charge in [0.05, 0.1) is 11.7 Å². The first-order valence-electron chi connectivity index (χ1n) is 13.4. The summed E-state index contributed by atoms with van der Waals surface area (Å²) in [7, 11) is 0. The maximum Gasteiger partial charge on any atom is 0.434 e. The fourth-order valence-corrected chi connectivity index (χ4v) is 5.07. The lowest BCUT2D eigenvalue weighted by Gasteiger charge is -2.31. The maximum absolute atomic E-state index is 14.6. The summed E-state index contributed by atoms with van der Waals surface area (Å²) in [5, 5.41) is 15.5. The normalized spacial score (nSPS) is 18.6. The summed E-state index contributed by atoms with van der Waals surface area (Å²) < 4.78 is 11.2. The Bertz CT molecular complexity index is 1430. The van der Waals surface area contributed by atoms with Crippen LogP contribution in [-0.2, 0) is 15.1 Å². The minimum atomic E-state index is -1.47. The summed E-state index contributed by atoms with van der Waals surface area (Å²) in [5.41, 5.74) is 1.33. The Morgan fingerprint density at radius 2 is 1.88 bits per heavy atom. The Balaban J connectivity index is 1.86. The smallest absolute Gasteiger partial charge is 0.434 e. The summed E-state index contributed by atoms with van der Waals surface area (Å²) in [4.78, 5) is 48.2. The van der Waals surface area contributed by atoms with E-state index in [0.717, 1.165) is 0 Å². The van der Waals surface area contributed by atoms with Crippen molar-refractivity contribution in [3.8, 4) is 11.3 Å². The zero-order valence-electron chi connectivity index (χ0n) is 23.7. The van der Waals surface area contributed by atoms with Crippen LogP contribution in [0, 0.1) is 12.8 Å². The minimum Gasteiger partial charge on any atom is -0.463 e. The molecule has 4 rings (SSSR count). The van der Waals surface area contributed by atoms with Gasteiger partial charge in [-0.25, -0.2) is 14.6 Å². The molecule has 0 unspecified atom stereocenters. The Morgan fingerprint density at radius 1 is 1.15 bits per heavy atom. The van der Waals surface area contributed by atoms with Crippen molar-refractivity contribution >= 4 is 24.1 Å². The van der Waals surface area contributed by atoms with E-state index < -0.39 is 29.7 Å². The number of alkyl carbamates (subject to hydrolysis) is 1. The molecule has 11 nitrogen and oxygen atoms in total. The van der Waals surface area contributed by atoms with Gasteiger partial charge >= 0.3 is 12.2 Å². The highest BCUT2D eigenvalue weighted by Gasteiger charge is 2.54. The van der Waals surface area contributed by atoms with Gasteiger partial charge < -0.3 is 24.9 Å². The Hall–Kier alpha value is -4.67. The van der Waals surface area contributed by atoms with Crippen molar-refractivity contribution in [1.29, 1.82) is 0 Å². The lowest BCUT2D eigenvalue weighted by molar-refractivity contribution is -0.134. The van der Waals surface area contributed by atoms with Gasteiger partial charge in [0.15, 0.2) is 12.2 Å². The van der Waals surface area contributed by atoms with E-state index in [1.807, 2.05) is 57.2 Å². The van der Waals surface area contributed by atoms with Crippen molar-refractivity contribution in [2.75, 3.05) is 6.61 Å². The van der Waals surface area contributed by atoms with Crippen LogP contribution in [0.5, 0.6) is 0 Å². The number of oxazole rings is 1. The molecule has 1 aliphatic rings. The van der Waals surface area contributed by atoms with Crippen molar-refractivity contribution in [3.05, 3.63) is 77.8 Å². The highest BCUT2D eigenvalue weighted by Crippen LogP contribution is 2.39. The molecule has 0 radical (unpaired) electrons. The molecule has 2 atom stereocenters. The molecule has 2 heterocycles. The van der Waals surface area contributed by atoms with Crippen LogP contribution < -0.4 is 10.6 Å². The van der Waals surface area contributed by atoms with Gasteiger partial charge in [0.25, 0.3) is 5.91 Å². The summed E-state index contributed by atoms with van der Waals surface area (Å²) in [6, 6.07) is 15.2. The van der Waals surface area contributed by atoms with E-state index in [1.54, 1.807) is 32.0 Å². The quantitative estimate of drug-likeness (QED) is 0.322. The average Bonchev–Trinajstić information content (AvgIpc) is 3.45. The third-order valence-electron chi connectivity index (χ3n) is 6.69. The van der Waals surface area contributed by atoms with E-state index in [9.17, 15) is 19.5 Å². The number of hydrogen-bond acceptors (Lipinski definition) is 6. The molecule has 11 heteroatoms. The van der Waals surface area contributed by atoms with Crippen LogP contribution in [0.1, 0.15) is 57.0 Å². The van der Waals surface area contributed by atoms with Crippen LogP contribution in [0.2, 0.25) is 0 Å². The zero-order valence-corrected chi connectivity index (χ0v) is 23.7. The van der Waals surface area contributed by atoms with Gasteiger partial charge in [0.2, 0.25) is 5.96 Å². The number of aryl methyl sites for hydroxylation is 1. The molecule has 41 heavy (non-hydrogen) atoms. The average molecular weight is 562 g/mol. The summed E-state index contributed by atoms with van der Waals surface area (Å²) >= 11 is 0. The van der Waals surface area contributed by atoms with Crippen LogP contribution >= 0.6 is 0 Å². The number of aromatic nitrogens is 1. The molecule has 1 aromatic heterocycles. The van der Waals surface area contributed by atoms with E-state index in [-0.39, 0.29) is 24.5 Å². The fourth-order valence-electron chi connectivity index (χ4n) is 5.07. The lowest BCUT2D eigenvalue weighted by atomic mass is 9.82. The van der Waals surface area contributed by atoms with Gasteiger partial charge in [-0.15, -0.1) is 4.99 Å². The number of guanidine groups is 1. The second-order valence-electron chi connectivity index (χ2n) is 10.7. The number of rotatable bonds is 9. The van der Waals surface area contributed by atoms with Crippen molar-refractivity contribution in [1.82, 2.24) is 20.5 Å². The first kappa shape index (κ1) is 29.3. The molecule has 3 aromatic rings. The maximum atomic E-state index is 14.6. The number of amides is 3. The second kappa shape index (κ2) is 12.2. The molecule has 216 valence electrons. The molecule has 1 aliphatic heterocycles. The van der Waals surface area contributed by atoms with Gasteiger partial charge in [-0.3, -0.25) is 9.69 Å². The standard InChI is InChI=1S/C30H35N5O6/c1-18(2)15-30(23-12-7-6-8-13-23)26(36)35(27(34-30)33-28(37)38)24(16-40-29(39)32-19(3)4)21-10-9-11-22(14-21)25-20(5)31-17-41-25/h6-14,17-19,24H,15-16H2,1-5H3,(H,32,39)(H,33,34)(H,37,38)/t24-,30-/m1/s1. The highest BCUT2D eigenvalue weighted by molar-refractivity contribution is 6.11. The Kier molecular flexibility index (Phi) is 8.75. The number of aliphatic imine (C=N–C) groups is 1. The SMILES string of the molecule is Cc1ncoc1-c1cccc([C@@H](COC(=O)NC(C)C)N2C(=O)[C@@](CC(C)C)(c3ccccc3)N/C2=N\C(=O)O)c1. The number of carboxylic acid groups (broad SMARTS) is 1. The lowest BCUT2D eigenvalue weighted by Crippen LogP contribution is -2.45. The summed E-state index contributed by atoms with van der Waals surface area (Å²) in [6.45, 7) is 9.11. The number of carbonyl (C=O) groups is 3. The zero-order chi connectivity index (χ0) is 29.7. The van der Waals surface area contributed by atoms with Gasteiger partial charge in [-0.2, -0.15) is 0 Å². The van der Waals surface area contributed by atoms with Gasteiger partial charge in [-0.05, 0) is 50.3 Å². The molecule has 0 aliphatic carbocycles. The van der Waals surface area contributed by atoms with Crippen LogP contribution in [0.25, 0.3) is 11.3 Å². The first-order valence-corrected chi connectivity index (χ1v) is 13.4. The second-order valence-corrected chi connectivity index (χ2v) is 10.7. The van der Waals surface area contributed by atoms with E-state index in [4.69, 9.17) is 9.15 Å². The third kappa shape index (κ3) is 6.40. The number of carbonyl (C=O) groups excluding carboxylic acids is 2. The van der Waals surface area contributed by atoms with Crippen LogP contribution in [0.4, 0.5) is 9.59 Å². The molecule has 2 aromatic carbocycles. The summed E-state index contributed by atoms with van der Waals surface area (Å²) in [6.07, 6.45) is -0.425. The molecule has 0 bridgehead atoms. The molecule has 3 amide bonds. The van der Waals surface area contributed by atoms with Gasteiger partial charge in [0, 0.05) is 11.6 Å². The topological polar surface area (TPSA) is 146 Å². The molecule has 0 saturated carbocycles. The third-order valence-corrected chi connectivity index (χ3v) is 6.69.